The standard InChI is InChI=1S/C24H26N2O3/c1-6-13-26-21-12-9-18(15(2)3)14-20(21)16(4)22(26)23(27)25-19-10-7-17(8-11-19)24(28)29-5/h6-12,14-15H,1,13H2,2-5H3,(H,25,27). The van der Waals surface area contributed by atoms with Crippen molar-refractivity contribution >= 4 is 28.5 Å². The zero-order chi connectivity index (χ0) is 21.1. The number of nitrogens with one attached hydrogen (secondary N) is 1. The normalized spacial score (nSPS) is 10.9. The molecule has 5 nitrogen and oxygen atoms in total. The molecule has 0 saturated heterocycles. The molecule has 1 aromatic heterocycles. The monoisotopic (exact) mass is 390 g/mol. The first-order valence-electron chi connectivity index (χ1n) is 9.60. The first-order chi connectivity index (χ1) is 13.9. The van der Waals surface area contributed by atoms with Crippen molar-refractivity contribution in [2.75, 3.05) is 12.4 Å². The van der Waals surface area contributed by atoms with Gasteiger partial charge in [-0.1, -0.05) is 26.0 Å². The highest BCUT2D eigenvalue weighted by Gasteiger charge is 2.20. The Morgan fingerprint density at radius 2 is 1.86 bits per heavy atom. The Hall–Kier alpha value is -3.34. The number of benzene rings is 2. The SMILES string of the molecule is C=CCn1c(C(=O)Nc2ccc(C(=O)OC)cc2)c(C)c2cc(C(C)C)ccc21. The molecule has 0 spiro atoms. The van der Waals surface area contributed by atoms with Crippen LogP contribution in [0, 0.1) is 6.92 Å². The number of nitrogens with zero attached hydrogens (tertiary/aromatic N) is 1. The number of esters is 1. The molecule has 150 valence electrons. The van der Waals surface area contributed by atoms with Crippen LogP contribution < -0.4 is 5.32 Å². The summed E-state index contributed by atoms with van der Waals surface area (Å²) in [7, 11) is 1.34. The number of amides is 1. The van der Waals surface area contributed by atoms with E-state index in [2.05, 4.69) is 43.9 Å². The second-order valence-electron chi connectivity index (χ2n) is 7.33. The lowest BCUT2D eigenvalue weighted by Crippen LogP contribution is -2.18. The van der Waals surface area contributed by atoms with Crippen molar-refractivity contribution in [1.29, 1.82) is 0 Å². The van der Waals surface area contributed by atoms with Gasteiger partial charge in [0.15, 0.2) is 0 Å². The first-order valence-corrected chi connectivity index (χ1v) is 9.60. The molecule has 0 aliphatic carbocycles. The largest absolute Gasteiger partial charge is 0.465 e. The molecule has 1 heterocycles. The van der Waals surface area contributed by atoms with Crippen LogP contribution in [0.5, 0.6) is 0 Å². The highest BCUT2D eigenvalue weighted by Crippen LogP contribution is 2.29. The van der Waals surface area contributed by atoms with Crippen LogP contribution in [0.25, 0.3) is 10.9 Å². The lowest BCUT2D eigenvalue weighted by atomic mass is 10.0. The summed E-state index contributed by atoms with van der Waals surface area (Å²) in [6.07, 6.45) is 1.79. The molecule has 0 bridgehead atoms. The summed E-state index contributed by atoms with van der Waals surface area (Å²) in [4.78, 5) is 24.7. The Kier molecular flexibility index (Phi) is 5.87. The van der Waals surface area contributed by atoms with Crippen molar-refractivity contribution in [3.63, 3.8) is 0 Å². The van der Waals surface area contributed by atoms with Gasteiger partial charge < -0.3 is 14.6 Å². The van der Waals surface area contributed by atoms with E-state index in [1.54, 1.807) is 30.3 Å². The van der Waals surface area contributed by atoms with Crippen LogP contribution in [-0.2, 0) is 11.3 Å². The van der Waals surface area contributed by atoms with Crippen molar-refractivity contribution in [3.8, 4) is 0 Å². The second-order valence-corrected chi connectivity index (χ2v) is 7.33. The van der Waals surface area contributed by atoms with E-state index >= 15 is 0 Å². The predicted molar refractivity (Wildman–Crippen MR) is 117 cm³/mol. The van der Waals surface area contributed by atoms with Crippen molar-refractivity contribution in [2.24, 2.45) is 0 Å². The number of aryl methyl sites for hydroxylation is 1. The van der Waals surface area contributed by atoms with E-state index < -0.39 is 5.97 Å². The molecule has 0 unspecified atom stereocenters. The molecule has 0 aliphatic rings. The maximum atomic E-state index is 13.1. The lowest BCUT2D eigenvalue weighted by Gasteiger charge is -2.11. The molecule has 5 heteroatoms. The third-order valence-electron chi connectivity index (χ3n) is 5.10. The number of hydrogen-bond donors (Lipinski definition) is 1. The number of aromatic nitrogens is 1. The van der Waals surface area contributed by atoms with Crippen LogP contribution in [-0.4, -0.2) is 23.6 Å². The van der Waals surface area contributed by atoms with Gasteiger partial charge in [-0.3, -0.25) is 4.79 Å². The molecule has 0 aliphatic heterocycles. The van der Waals surface area contributed by atoms with Gasteiger partial charge in [0.05, 0.1) is 12.7 Å². The van der Waals surface area contributed by atoms with Gasteiger partial charge in [-0.25, -0.2) is 4.79 Å². The number of carbonyl (C=O) groups excluding carboxylic acids is 2. The highest BCUT2D eigenvalue weighted by molar-refractivity contribution is 6.08. The Morgan fingerprint density at radius 3 is 2.45 bits per heavy atom. The molecule has 3 rings (SSSR count). The van der Waals surface area contributed by atoms with E-state index in [1.807, 2.05) is 11.5 Å². The van der Waals surface area contributed by atoms with Gasteiger partial charge >= 0.3 is 5.97 Å². The maximum Gasteiger partial charge on any atom is 0.337 e. The van der Waals surface area contributed by atoms with Crippen molar-refractivity contribution in [1.82, 2.24) is 4.57 Å². The number of anilines is 1. The molecule has 3 aromatic rings. The number of allylic oxidation sites excluding steroid dienone is 1. The van der Waals surface area contributed by atoms with Gasteiger partial charge in [-0.05, 0) is 60.4 Å². The average molecular weight is 390 g/mol. The summed E-state index contributed by atoms with van der Waals surface area (Å²) in [6.45, 7) is 10.7. The molecule has 0 saturated carbocycles. The molecule has 29 heavy (non-hydrogen) atoms. The Bertz CT molecular complexity index is 1080. The summed E-state index contributed by atoms with van der Waals surface area (Å²) in [5.41, 5.74) is 4.84. The fourth-order valence-corrected chi connectivity index (χ4v) is 3.51. The number of ether oxygens (including phenoxy) is 1. The number of methoxy groups -OCH3 is 1. The van der Waals surface area contributed by atoms with Crippen LogP contribution in [0.15, 0.2) is 55.1 Å². The highest BCUT2D eigenvalue weighted by atomic mass is 16.5. The fourth-order valence-electron chi connectivity index (χ4n) is 3.51. The van der Waals surface area contributed by atoms with Crippen molar-refractivity contribution in [3.05, 3.63) is 77.5 Å². The van der Waals surface area contributed by atoms with Gasteiger partial charge in [0, 0.05) is 23.1 Å². The third-order valence-corrected chi connectivity index (χ3v) is 5.10. The van der Waals surface area contributed by atoms with Crippen LogP contribution >= 0.6 is 0 Å². The minimum Gasteiger partial charge on any atom is -0.465 e. The maximum absolute atomic E-state index is 13.1. The molecule has 0 radical (unpaired) electrons. The third kappa shape index (κ3) is 3.94. The van der Waals surface area contributed by atoms with E-state index in [9.17, 15) is 9.59 Å². The fraction of sp³-hybridized carbons (Fsp3) is 0.250. The first kappa shape index (κ1) is 20.4. The van der Waals surface area contributed by atoms with E-state index in [4.69, 9.17) is 4.74 Å². The summed E-state index contributed by atoms with van der Waals surface area (Å²) in [5, 5.41) is 4.01. The molecule has 0 atom stereocenters. The van der Waals surface area contributed by atoms with E-state index in [0.29, 0.717) is 29.4 Å². The molecule has 1 N–H and O–H groups in total. The van der Waals surface area contributed by atoms with Gasteiger partial charge in [-0.15, -0.1) is 6.58 Å². The minimum absolute atomic E-state index is 0.197. The predicted octanol–water partition coefficient (Wildman–Crippen LogP) is 5.30. The summed E-state index contributed by atoms with van der Waals surface area (Å²) >= 11 is 0. The molecule has 0 fully saturated rings. The van der Waals surface area contributed by atoms with Gasteiger partial charge in [0.2, 0.25) is 0 Å². The van der Waals surface area contributed by atoms with E-state index in [0.717, 1.165) is 16.5 Å². The number of hydrogen-bond acceptors (Lipinski definition) is 3. The number of fused-ring (bicyclic) bond motifs is 1. The zero-order valence-corrected chi connectivity index (χ0v) is 17.3. The van der Waals surface area contributed by atoms with Gasteiger partial charge in [-0.2, -0.15) is 0 Å². The zero-order valence-electron chi connectivity index (χ0n) is 17.3. The Labute approximate surface area is 171 Å². The summed E-state index contributed by atoms with van der Waals surface area (Å²) in [5.74, 6) is -0.199. The quantitative estimate of drug-likeness (QED) is 0.459. The van der Waals surface area contributed by atoms with Crippen LogP contribution in [0.2, 0.25) is 0 Å². The van der Waals surface area contributed by atoms with Crippen LogP contribution in [0.3, 0.4) is 0 Å². The number of rotatable bonds is 6. The van der Waals surface area contributed by atoms with Crippen LogP contribution in [0.1, 0.15) is 51.7 Å². The Morgan fingerprint density at radius 1 is 1.17 bits per heavy atom. The van der Waals surface area contributed by atoms with E-state index in [1.165, 1.54) is 12.7 Å². The molecule has 1 amide bonds. The minimum atomic E-state index is -0.411. The molecular formula is C24H26N2O3. The van der Waals surface area contributed by atoms with Crippen LogP contribution in [0.4, 0.5) is 5.69 Å². The smallest absolute Gasteiger partial charge is 0.337 e. The second kappa shape index (κ2) is 8.35. The van der Waals surface area contributed by atoms with E-state index in [-0.39, 0.29) is 5.91 Å². The topological polar surface area (TPSA) is 60.3 Å². The average Bonchev–Trinajstić information content (AvgIpc) is 2.99. The van der Waals surface area contributed by atoms with Crippen molar-refractivity contribution in [2.45, 2.75) is 33.2 Å². The summed E-state index contributed by atoms with van der Waals surface area (Å²) in [6, 6.07) is 13.0. The molecule has 2 aromatic carbocycles. The van der Waals surface area contributed by atoms with Crippen molar-refractivity contribution < 1.29 is 14.3 Å². The molecular weight excluding hydrogens is 364 g/mol. The number of carbonyl (C=O) groups is 2. The van der Waals surface area contributed by atoms with Gasteiger partial charge in [0.1, 0.15) is 5.69 Å². The lowest BCUT2D eigenvalue weighted by molar-refractivity contribution is 0.0600. The summed E-state index contributed by atoms with van der Waals surface area (Å²) < 4.78 is 6.69. The Balaban J connectivity index is 2.00. The van der Waals surface area contributed by atoms with Gasteiger partial charge in [0.25, 0.3) is 5.91 Å².